The molecule has 1 aliphatic heterocycles. The number of hydrogen-bond acceptors (Lipinski definition) is 3. The van der Waals surface area contributed by atoms with Crippen LogP contribution in [0.5, 0.6) is 0 Å². The molecule has 2 nitrogen and oxygen atoms in total. The van der Waals surface area contributed by atoms with Crippen LogP contribution < -0.4 is 5.32 Å². The molecule has 2 atom stereocenters. The second kappa shape index (κ2) is 5.95. The third-order valence-electron chi connectivity index (χ3n) is 3.56. The fraction of sp³-hybridized carbons (Fsp3) is 0.571. The smallest absolute Gasteiger partial charge is 0.366 e. The molecule has 1 fully saturated rings. The molecule has 1 heterocycles. The lowest BCUT2D eigenvalue weighted by Crippen LogP contribution is -2.53. The molecule has 0 aromatic heterocycles. The van der Waals surface area contributed by atoms with E-state index in [-0.39, 0.29) is 5.37 Å². The van der Waals surface area contributed by atoms with Crippen molar-refractivity contribution >= 4 is 12.6 Å². The van der Waals surface area contributed by atoms with Gasteiger partial charge in [0.15, 0.2) is 0 Å². The first-order valence-corrected chi connectivity index (χ1v) is 7.15. The Kier molecular flexibility index (Phi) is 4.66. The Balaban J connectivity index is 2.34. The molecule has 1 aromatic rings. The summed E-state index contributed by atoms with van der Waals surface area (Å²) in [7, 11) is 0. The van der Waals surface area contributed by atoms with Crippen molar-refractivity contribution in [3.8, 4) is 0 Å². The number of ether oxygens (including phenoxy) is 1. The van der Waals surface area contributed by atoms with Crippen molar-refractivity contribution < 1.29 is 17.9 Å². The quantitative estimate of drug-likeness (QED) is 0.833. The monoisotopic (exact) mass is 305 g/mol. The molecule has 1 saturated heterocycles. The van der Waals surface area contributed by atoms with Gasteiger partial charge in [-0.25, -0.2) is 0 Å². The molecule has 0 saturated carbocycles. The van der Waals surface area contributed by atoms with Crippen molar-refractivity contribution in [1.82, 2.24) is 5.32 Å². The van der Waals surface area contributed by atoms with Crippen LogP contribution in [0.2, 0.25) is 0 Å². The molecule has 112 valence electrons. The standard InChI is InChI=1S/C14H18F3NOS/c1-2-7-13(12(20)18-8-9-19-13)10-3-5-11(6-4-10)14(15,16)17/h3-6,12,18,20H,2,7-9H2,1H3. The molecule has 6 heteroatoms. The Hall–Kier alpha value is -0.720. The molecule has 1 aliphatic rings. The van der Waals surface area contributed by atoms with E-state index in [1.54, 1.807) is 0 Å². The molecule has 0 spiro atoms. The minimum absolute atomic E-state index is 0.229. The topological polar surface area (TPSA) is 21.3 Å². The van der Waals surface area contributed by atoms with Crippen molar-refractivity contribution in [2.75, 3.05) is 13.2 Å². The van der Waals surface area contributed by atoms with Gasteiger partial charge in [-0.15, -0.1) is 0 Å². The molecular formula is C14H18F3NOS. The molecule has 0 amide bonds. The highest BCUT2D eigenvalue weighted by Crippen LogP contribution is 2.39. The molecule has 1 N–H and O–H groups in total. The van der Waals surface area contributed by atoms with E-state index in [9.17, 15) is 13.2 Å². The minimum atomic E-state index is -4.32. The van der Waals surface area contributed by atoms with Gasteiger partial charge in [0.1, 0.15) is 5.60 Å². The van der Waals surface area contributed by atoms with E-state index in [0.717, 1.165) is 24.1 Å². The highest BCUT2D eigenvalue weighted by molar-refractivity contribution is 7.81. The molecule has 20 heavy (non-hydrogen) atoms. The summed E-state index contributed by atoms with van der Waals surface area (Å²) in [6.07, 6.45) is -2.75. The molecule has 1 aromatic carbocycles. The van der Waals surface area contributed by atoms with Gasteiger partial charge in [0.2, 0.25) is 0 Å². The average Bonchev–Trinajstić information content (AvgIpc) is 2.41. The number of hydrogen-bond donors (Lipinski definition) is 2. The van der Waals surface area contributed by atoms with Gasteiger partial charge in [0, 0.05) is 6.54 Å². The van der Waals surface area contributed by atoms with E-state index in [2.05, 4.69) is 17.9 Å². The van der Waals surface area contributed by atoms with Crippen LogP contribution in [0.25, 0.3) is 0 Å². The summed E-state index contributed by atoms with van der Waals surface area (Å²) in [5.41, 5.74) is -0.577. The highest BCUT2D eigenvalue weighted by Gasteiger charge is 2.41. The van der Waals surface area contributed by atoms with Crippen molar-refractivity contribution in [2.45, 2.75) is 36.9 Å². The summed E-state index contributed by atoms with van der Waals surface area (Å²) in [6, 6.07) is 5.19. The third-order valence-corrected chi connectivity index (χ3v) is 4.16. The Morgan fingerprint density at radius 3 is 2.50 bits per heavy atom. The maximum atomic E-state index is 12.6. The summed E-state index contributed by atoms with van der Waals surface area (Å²) in [6.45, 7) is 3.24. The number of thiol groups is 1. The van der Waals surface area contributed by atoms with Crippen LogP contribution in [-0.4, -0.2) is 18.5 Å². The Morgan fingerprint density at radius 2 is 2.00 bits per heavy atom. The van der Waals surface area contributed by atoms with E-state index in [1.165, 1.54) is 12.1 Å². The zero-order chi connectivity index (χ0) is 14.8. The number of benzene rings is 1. The first kappa shape index (κ1) is 15.7. The van der Waals surface area contributed by atoms with Crippen LogP contribution in [0.4, 0.5) is 13.2 Å². The number of nitrogens with one attached hydrogen (secondary N) is 1. The lowest BCUT2D eigenvalue weighted by atomic mass is 9.87. The number of halogens is 3. The highest BCUT2D eigenvalue weighted by atomic mass is 32.1. The molecular weight excluding hydrogens is 287 g/mol. The van der Waals surface area contributed by atoms with Crippen molar-refractivity contribution in [3.05, 3.63) is 35.4 Å². The van der Waals surface area contributed by atoms with Crippen molar-refractivity contribution in [2.24, 2.45) is 0 Å². The fourth-order valence-electron chi connectivity index (χ4n) is 2.58. The van der Waals surface area contributed by atoms with E-state index >= 15 is 0 Å². The van der Waals surface area contributed by atoms with Crippen molar-refractivity contribution in [1.29, 1.82) is 0 Å². The first-order valence-electron chi connectivity index (χ1n) is 6.63. The molecule has 0 bridgehead atoms. The SMILES string of the molecule is CCCC1(c2ccc(C(F)(F)F)cc2)OCCNC1S. The Morgan fingerprint density at radius 1 is 1.35 bits per heavy atom. The first-order chi connectivity index (χ1) is 9.40. The summed E-state index contributed by atoms with van der Waals surface area (Å²) < 4.78 is 43.8. The molecule has 2 unspecified atom stereocenters. The maximum absolute atomic E-state index is 12.6. The maximum Gasteiger partial charge on any atom is 0.416 e. The van der Waals surface area contributed by atoms with E-state index < -0.39 is 17.3 Å². The van der Waals surface area contributed by atoms with Crippen LogP contribution in [0.15, 0.2) is 24.3 Å². The van der Waals surface area contributed by atoms with E-state index in [0.29, 0.717) is 19.6 Å². The second-order valence-corrected chi connectivity index (χ2v) is 5.44. The van der Waals surface area contributed by atoms with Gasteiger partial charge in [-0.1, -0.05) is 25.5 Å². The second-order valence-electron chi connectivity index (χ2n) is 4.92. The van der Waals surface area contributed by atoms with Gasteiger partial charge >= 0.3 is 6.18 Å². The zero-order valence-electron chi connectivity index (χ0n) is 11.2. The summed E-state index contributed by atoms with van der Waals surface area (Å²) in [5.74, 6) is 0. The Labute approximate surface area is 122 Å². The summed E-state index contributed by atoms with van der Waals surface area (Å²) in [5, 5.41) is 2.99. The number of morpholine rings is 1. The van der Waals surface area contributed by atoms with Gasteiger partial charge < -0.3 is 10.1 Å². The average molecular weight is 305 g/mol. The number of alkyl halides is 3. The lowest BCUT2D eigenvalue weighted by molar-refractivity contribution is -0.137. The lowest BCUT2D eigenvalue weighted by Gasteiger charge is -2.43. The normalized spacial score (nSPS) is 27.6. The van der Waals surface area contributed by atoms with Gasteiger partial charge in [-0.2, -0.15) is 25.8 Å². The molecule has 0 radical (unpaired) electrons. The van der Waals surface area contributed by atoms with E-state index in [1.807, 2.05) is 6.92 Å². The number of rotatable bonds is 3. The third kappa shape index (κ3) is 2.97. The molecule has 0 aliphatic carbocycles. The molecule has 2 rings (SSSR count). The van der Waals surface area contributed by atoms with Crippen LogP contribution in [0.1, 0.15) is 30.9 Å². The van der Waals surface area contributed by atoms with E-state index in [4.69, 9.17) is 4.74 Å². The van der Waals surface area contributed by atoms with Gasteiger partial charge in [-0.05, 0) is 24.1 Å². The summed E-state index contributed by atoms with van der Waals surface area (Å²) >= 11 is 4.51. The van der Waals surface area contributed by atoms with Gasteiger partial charge in [0.25, 0.3) is 0 Å². The van der Waals surface area contributed by atoms with Crippen LogP contribution >= 0.6 is 12.6 Å². The Bertz CT molecular complexity index is 445. The van der Waals surface area contributed by atoms with Gasteiger partial charge in [-0.3, -0.25) is 0 Å². The predicted molar refractivity (Wildman–Crippen MR) is 74.8 cm³/mol. The fourth-order valence-corrected chi connectivity index (χ4v) is 3.06. The largest absolute Gasteiger partial charge is 0.416 e. The predicted octanol–water partition coefficient (Wildman–Crippen LogP) is 3.58. The van der Waals surface area contributed by atoms with Crippen LogP contribution in [0, 0.1) is 0 Å². The minimum Gasteiger partial charge on any atom is -0.366 e. The van der Waals surface area contributed by atoms with Crippen molar-refractivity contribution in [3.63, 3.8) is 0 Å². The van der Waals surface area contributed by atoms with Crippen LogP contribution in [-0.2, 0) is 16.5 Å². The van der Waals surface area contributed by atoms with Gasteiger partial charge in [0.05, 0.1) is 17.5 Å². The summed E-state index contributed by atoms with van der Waals surface area (Å²) in [4.78, 5) is 0. The van der Waals surface area contributed by atoms with Crippen LogP contribution in [0.3, 0.4) is 0 Å². The zero-order valence-corrected chi connectivity index (χ0v) is 12.1.